The van der Waals surface area contributed by atoms with Crippen LogP contribution in [0.1, 0.15) is 23.6 Å². The number of hydrogen-bond acceptors (Lipinski definition) is 7. The molecule has 0 unspecified atom stereocenters. The molecule has 5 rings (SSSR count). The molecule has 2 aromatic heterocycles. The molecular formula is C20H23FN6O2. The fourth-order valence-corrected chi connectivity index (χ4v) is 4.59. The van der Waals surface area contributed by atoms with Crippen LogP contribution in [-0.4, -0.2) is 49.5 Å². The van der Waals surface area contributed by atoms with Crippen molar-refractivity contribution in [3.05, 3.63) is 47.7 Å². The summed E-state index contributed by atoms with van der Waals surface area (Å²) >= 11 is 0. The number of nitrogens with two attached hydrogens (primary N) is 1. The molecule has 9 heteroatoms. The molecule has 152 valence electrons. The summed E-state index contributed by atoms with van der Waals surface area (Å²) in [6.45, 7) is 1.71. The molecule has 3 aromatic rings. The number of anilines is 2. The maximum absolute atomic E-state index is 14.4. The molecule has 0 amide bonds. The minimum atomic E-state index is -1.07. The van der Waals surface area contributed by atoms with E-state index in [4.69, 9.17) is 5.73 Å². The summed E-state index contributed by atoms with van der Waals surface area (Å²) in [6.07, 6.45) is 1.83. The van der Waals surface area contributed by atoms with Gasteiger partial charge in [0.1, 0.15) is 30.0 Å². The highest BCUT2D eigenvalue weighted by molar-refractivity contribution is 5.86. The van der Waals surface area contributed by atoms with Crippen molar-refractivity contribution in [2.24, 2.45) is 0 Å². The fourth-order valence-electron chi connectivity index (χ4n) is 4.59. The molecule has 1 aromatic carbocycles. The number of aromatic nitrogens is 3. The Morgan fingerprint density at radius 3 is 2.97 bits per heavy atom. The van der Waals surface area contributed by atoms with Crippen molar-refractivity contribution in [2.75, 3.05) is 17.6 Å². The minimum Gasteiger partial charge on any atom is -0.388 e. The zero-order valence-corrected chi connectivity index (χ0v) is 15.7. The lowest BCUT2D eigenvalue weighted by Gasteiger charge is -2.25. The second kappa shape index (κ2) is 6.94. The topological polar surface area (TPSA) is 121 Å². The summed E-state index contributed by atoms with van der Waals surface area (Å²) in [5.74, 6) is -0.489. The van der Waals surface area contributed by atoms with Gasteiger partial charge in [-0.2, -0.15) is 0 Å². The number of rotatable bonds is 3. The first-order valence-corrected chi connectivity index (χ1v) is 9.75. The van der Waals surface area contributed by atoms with E-state index >= 15 is 0 Å². The van der Waals surface area contributed by atoms with E-state index in [2.05, 4.69) is 26.7 Å². The Hall–Kier alpha value is -2.75. The number of nitrogen functional groups attached to an aromatic ring is 1. The third-order valence-electron chi connectivity index (χ3n) is 6.09. The second-order valence-corrected chi connectivity index (χ2v) is 7.75. The highest BCUT2D eigenvalue weighted by Gasteiger charge is 2.43. The van der Waals surface area contributed by atoms with Crippen LogP contribution in [-0.2, 0) is 13.0 Å². The van der Waals surface area contributed by atoms with Crippen LogP contribution in [0.15, 0.2) is 30.7 Å². The molecule has 0 bridgehead atoms. The lowest BCUT2D eigenvalue weighted by molar-refractivity contribution is 0.0208. The SMILES string of the molecule is Nc1ncnc2c1c(F)cn2[C@@H]1C[C@H](Nc2cccc3c2CNCC3)[C@@H](O)[C@H]1O. The number of halogens is 1. The zero-order chi connectivity index (χ0) is 20.1. The molecule has 3 heterocycles. The minimum absolute atomic E-state index is 0.0531. The predicted octanol–water partition coefficient (Wildman–Crippen LogP) is 0.946. The van der Waals surface area contributed by atoms with Gasteiger partial charge in [-0.3, -0.25) is 0 Å². The van der Waals surface area contributed by atoms with Crippen LogP contribution < -0.4 is 16.4 Å². The lowest BCUT2D eigenvalue weighted by Crippen LogP contribution is -2.36. The monoisotopic (exact) mass is 398 g/mol. The van der Waals surface area contributed by atoms with E-state index in [1.54, 1.807) is 4.57 Å². The Morgan fingerprint density at radius 2 is 2.10 bits per heavy atom. The number of nitrogens with zero attached hydrogens (tertiary/aromatic N) is 3. The van der Waals surface area contributed by atoms with Gasteiger partial charge in [0, 0.05) is 18.4 Å². The van der Waals surface area contributed by atoms with E-state index in [0.29, 0.717) is 12.1 Å². The smallest absolute Gasteiger partial charge is 0.154 e. The second-order valence-electron chi connectivity index (χ2n) is 7.75. The molecular weight excluding hydrogens is 375 g/mol. The van der Waals surface area contributed by atoms with Gasteiger partial charge in [0.05, 0.1) is 17.5 Å². The van der Waals surface area contributed by atoms with Gasteiger partial charge in [0.2, 0.25) is 0 Å². The Kier molecular flexibility index (Phi) is 4.38. The number of fused-ring (bicyclic) bond motifs is 2. The first kappa shape index (κ1) is 18.3. The van der Waals surface area contributed by atoms with Gasteiger partial charge in [-0.15, -0.1) is 0 Å². The maximum atomic E-state index is 14.4. The molecule has 1 aliphatic heterocycles. The number of nitrogens with one attached hydrogen (secondary N) is 2. The van der Waals surface area contributed by atoms with Gasteiger partial charge in [-0.1, -0.05) is 12.1 Å². The van der Waals surface area contributed by atoms with Gasteiger partial charge in [0.15, 0.2) is 5.82 Å². The molecule has 6 N–H and O–H groups in total. The van der Waals surface area contributed by atoms with Crippen LogP contribution in [0.2, 0.25) is 0 Å². The maximum Gasteiger partial charge on any atom is 0.154 e. The van der Waals surface area contributed by atoms with Crippen LogP contribution in [0.4, 0.5) is 15.9 Å². The molecule has 2 aliphatic rings. The number of benzene rings is 1. The fraction of sp³-hybridized carbons (Fsp3) is 0.400. The lowest BCUT2D eigenvalue weighted by atomic mass is 9.98. The van der Waals surface area contributed by atoms with E-state index in [9.17, 15) is 14.6 Å². The van der Waals surface area contributed by atoms with E-state index < -0.39 is 24.1 Å². The largest absolute Gasteiger partial charge is 0.388 e. The van der Waals surface area contributed by atoms with E-state index in [0.717, 1.165) is 25.2 Å². The molecule has 29 heavy (non-hydrogen) atoms. The first-order valence-electron chi connectivity index (χ1n) is 9.75. The molecule has 1 fully saturated rings. The average Bonchev–Trinajstić information content (AvgIpc) is 3.20. The molecule has 0 spiro atoms. The normalized spacial score (nSPS) is 26.6. The number of aliphatic hydroxyl groups excluding tert-OH is 2. The summed E-state index contributed by atoms with van der Waals surface area (Å²) in [7, 11) is 0. The molecule has 4 atom stereocenters. The van der Waals surface area contributed by atoms with Crippen LogP contribution in [0.25, 0.3) is 11.0 Å². The Balaban J connectivity index is 1.46. The number of aliphatic hydroxyl groups is 2. The summed E-state index contributed by atoms with van der Waals surface area (Å²) < 4.78 is 16.0. The Labute approximate surface area is 166 Å². The van der Waals surface area contributed by atoms with Crippen molar-refractivity contribution in [1.29, 1.82) is 0 Å². The van der Waals surface area contributed by atoms with Crippen molar-refractivity contribution >= 4 is 22.5 Å². The average molecular weight is 398 g/mol. The molecule has 1 saturated carbocycles. The highest BCUT2D eigenvalue weighted by Crippen LogP contribution is 2.37. The Morgan fingerprint density at radius 1 is 1.24 bits per heavy atom. The Bertz CT molecular complexity index is 1070. The van der Waals surface area contributed by atoms with Crippen molar-refractivity contribution in [3.8, 4) is 0 Å². The summed E-state index contributed by atoms with van der Waals surface area (Å²) in [5.41, 5.74) is 9.51. The highest BCUT2D eigenvalue weighted by atomic mass is 19.1. The van der Waals surface area contributed by atoms with Crippen LogP contribution in [0.5, 0.6) is 0 Å². The predicted molar refractivity (Wildman–Crippen MR) is 107 cm³/mol. The molecule has 0 radical (unpaired) electrons. The third-order valence-corrected chi connectivity index (χ3v) is 6.09. The molecule has 1 aliphatic carbocycles. The summed E-state index contributed by atoms with van der Waals surface area (Å²) in [6, 6.07) is 5.17. The molecule has 0 saturated heterocycles. The molecule has 8 nitrogen and oxygen atoms in total. The van der Waals surface area contributed by atoms with Crippen LogP contribution >= 0.6 is 0 Å². The summed E-state index contributed by atoms with van der Waals surface area (Å²) in [5, 5.41) is 28.3. The van der Waals surface area contributed by atoms with Gasteiger partial charge < -0.3 is 31.1 Å². The van der Waals surface area contributed by atoms with Gasteiger partial charge in [0.25, 0.3) is 0 Å². The van der Waals surface area contributed by atoms with Crippen molar-refractivity contribution in [3.63, 3.8) is 0 Å². The van der Waals surface area contributed by atoms with E-state index in [1.807, 2.05) is 12.1 Å². The van der Waals surface area contributed by atoms with Crippen LogP contribution in [0.3, 0.4) is 0 Å². The summed E-state index contributed by atoms with van der Waals surface area (Å²) in [4.78, 5) is 7.98. The standard InChI is InChI=1S/C20H23FN6O2/c21-12-8-27(20-16(12)19(22)24-9-25-20)15-6-14(17(28)18(15)29)26-13-3-1-2-10-4-5-23-7-11(10)13/h1-3,8-9,14-15,17-18,23,26,28-29H,4-7H2,(H2,22,24,25)/t14-,15+,17+,18-/m0/s1. The van der Waals surface area contributed by atoms with Gasteiger partial charge in [-0.25, -0.2) is 14.4 Å². The number of hydrogen-bond donors (Lipinski definition) is 5. The zero-order valence-electron chi connectivity index (χ0n) is 15.7. The van der Waals surface area contributed by atoms with Crippen LogP contribution in [0, 0.1) is 5.82 Å². The van der Waals surface area contributed by atoms with Gasteiger partial charge >= 0.3 is 0 Å². The first-order chi connectivity index (χ1) is 14.0. The van der Waals surface area contributed by atoms with Crippen molar-refractivity contribution < 1.29 is 14.6 Å². The van der Waals surface area contributed by atoms with Gasteiger partial charge in [-0.05, 0) is 36.6 Å². The van der Waals surface area contributed by atoms with Crippen molar-refractivity contribution in [2.45, 2.75) is 43.7 Å². The quantitative estimate of drug-likeness (QED) is 0.445. The third kappa shape index (κ3) is 2.93. The van der Waals surface area contributed by atoms with Crippen molar-refractivity contribution in [1.82, 2.24) is 19.9 Å². The van der Waals surface area contributed by atoms with E-state index in [1.165, 1.54) is 23.7 Å². The van der Waals surface area contributed by atoms with E-state index in [-0.39, 0.29) is 17.2 Å².